The van der Waals surface area contributed by atoms with E-state index in [4.69, 9.17) is 11.6 Å². The van der Waals surface area contributed by atoms with Gasteiger partial charge in [0.05, 0.1) is 10.6 Å². The van der Waals surface area contributed by atoms with E-state index in [1.54, 1.807) is 6.21 Å². The van der Waals surface area contributed by atoms with Crippen molar-refractivity contribution in [2.75, 3.05) is 0 Å². The van der Waals surface area contributed by atoms with Crippen molar-refractivity contribution in [2.45, 2.75) is 0 Å². The van der Waals surface area contributed by atoms with Crippen molar-refractivity contribution in [1.82, 2.24) is 0 Å². The number of fused-ring (bicyclic) bond motifs is 1. The molecule has 0 aliphatic heterocycles. The van der Waals surface area contributed by atoms with Gasteiger partial charge < -0.3 is 0 Å². The molecule has 0 spiro atoms. The number of benzene rings is 3. The van der Waals surface area contributed by atoms with Crippen LogP contribution in [0.3, 0.4) is 0 Å². The largest absolute Gasteiger partial charge is 0.270 e. The van der Waals surface area contributed by atoms with E-state index in [0.29, 0.717) is 10.6 Å². The third-order valence-corrected chi connectivity index (χ3v) is 3.62. The second-order valence-electron chi connectivity index (χ2n) is 4.75. The molecule has 0 fully saturated rings. The number of hydrogen-bond acceptors (Lipinski definition) is 3. The quantitative estimate of drug-likeness (QED) is 0.381. The van der Waals surface area contributed by atoms with E-state index in [9.17, 15) is 10.1 Å². The van der Waals surface area contributed by atoms with Crippen LogP contribution < -0.4 is 0 Å². The highest BCUT2D eigenvalue weighted by atomic mass is 35.5. The number of nitrogens with zero attached hydrogens (tertiary/aromatic N) is 2. The molecule has 5 heteroatoms. The molecule has 3 rings (SSSR count). The Bertz CT molecular complexity index is 891. The number of nitro benzene ring substituents is 1. The van der Waals surface area contributed by atoms with Gasteiger partial charge in [-0.15, -0.1) is 0 Å². The molecule has 4 nitrogen and oxygen atoms in total. The Morgan fingerprint density at radius 1 is 1.00 bits per heavy atom. The summed E-state index contributed by atoms with van der Waals surface area (Å²) in [6.45, 7) is 0. The van der Waals surface area contributed by atoms with Gasteiger partial charge in [0.25, 0.3) is 5.69 Å². The van der Waals surface area contributed by atoms with Crippen molar-refractivity contribution in [3.8, 4) is 0 Å². The zero-order valence-corrected chi connectivity index (χ0v) is 12.2. The van der Waals surface area contributed by atoms with E-state index >= 15 is 0 Å². The van der Waals surface area contributed by atoms with Crippen LogP contribution in [-0.4, -0.2) is 11.1 Å². The van der Waals surface area contributed by atoms with E-state index in [-0.39, 0.29) is 5.69 Å². The van der Waals surface area contributed by atoms with E-state index in [1.807, 2.05) is 42.5 Å². The fraction of sp³-hybridized carbons (Fsp3) is 0. The second kappa shape index (κ2) is 5.95. The summed E-state index contributed by atoms with van der Waals surface area (Å²) in [4.78, 5) is 14.7. The number of hydrogen-bond donors (Lipinski definition) is 0. The normalized spacial score (nSPS) is 11.1. The highest BCUT2D eigenvalue weighted by Crippen LogP contribution is 2.23. The van der Waals surface area contributed by atoms with E-state index < -0.39 is 4.92 Å². The van der Waals surface area contributed by atoms with Crippen LogP contribution in [0.15, 0.2) is 65.7 Å². The molecule has 22 heavy (non-hydrogen) atoms. The van der Waals surface area contributed by atoms with E-state index in [2.05, 4.69) is 4.99 Å². The van der Waals surface area contributed by atoms with Crippen molar-refractivity contribution in [1.29, 1.82) is 0 Å². The van der Waals surface area contributed by atoms with Gasteiger partial charge in [-0.3, -0.25) is 15.1 Å². The Morgan fingerprint density at radius 3 is 2.55 bits per heavy atom. The van der Waals surface area contributed by atoms with Crippen molar-refractivity contribution >= 4 is 40.0 Å². The van der Waals surface area contributed by atoms with Gasteiger partial charge in [0.15, 0.2) is 0 Å². The van der Waals surface area contributed by atoms with Crippen LogP contribution in [-0.2, 0) is 0 Å². The smallest absolute Gasteiger partial charge is 0.258 e. The molecule has 0 amide bonds. The summed E-state index contributed by atoms with van der Waals surface area (Å²) in [5.41, 5.74) is 1.27. The predicted molar refractivity (Wildman–Crippen MR) is 89.3 cm³/mol. The minimum Gasteiger partial charge on any atom is -0.258 e. The van der Waals surface area contributed by atoms with Crippen LogP contribution in [0, 0.1) is 10.1 Å². The molecule has 0 aromatic heterocycles. The molecule has 3 aromatic carbocycles. The van der Waals surface area contributed by atoms with Crippen LogP contribution in [0.4, 0.5) is 11.4 Å². The van der Waals surface area contributed by atoms with Crippen LogP contribution in [0.2, 0.25) is 5.02 Å². The summed E-state index contributed by atoms with van der Waals surface area (Å²) in [6.07, 6.45) is 1.54. The van der Waals surface area contributed by atoms with E-state index in [1.165, 1.54) is 18.2 Å². The van der Waals surface area contributed by atoms with Crippen LogP contribution in [0.1, 0.15) is 5.56 Å². The average molecular weight is 311 g/mol. The molecule has 0 N–H and O–H groups in total. The Hall–Kier alpha value is -2.72. The Kier molecular flexibility index (Phi) is 3.85. The third-order valence-electron chi connectivity index (χ3n) is 3.28. The lowest BCUT2D eigenvalue weighted by Gasteiger charge is -2.00. The van der Waals surface area contributed by atoms with Crippen molar-refractivity contribution < 1.29 is 4.92 Å². The molecule has 0 saturated carbocycles. The predicted octanol–water partition coefficient (Wildman–Crippen LogP) is 5.15. The number of aliphatic imine (C=N–C) groups is 1. The van der Waals surface area contributed by atoms with Crippen LogP contribution >= 0.6 is 11.6 Å². The third kappa shape index (κ3) is 2.97. The SMILES string of the molecule is O=[N+]([O-])c1ccc(Cl)c(C=Nc2ccc3ccccc3c2)c1. The summed E-state index contributed by atoms with van der Waals surface area (Å²) < 4.78 is 0. The minimum atomic E-state index is -0.455. The molecular weight excluding hydrogens is 300 g/mol. The van der Waals surface area contributed by atoms with Crippen LogP contribution in [0.5, 0.6) is 0 Å². The average Bonchev–Trinajstić information content (AvgIpc) is 2.53. The van der Waals surface area contributed by atoms with Gasteiger partial charge >= 0.3 is 0 Å². The first-order chi connectivity index (χ1) is 10.6. The molecule has 3 aromatic rings. The molecule has 0 atom stereocenters. The standard InChI is InChI=1S/C17H11ClN2O2/c18-17-8-7-16(20(21)22)10-14(17)11-19-15-6-5-12-3-1-2-4-13(12)9-15/h1-11H. The van der Waals surface area contributed by atoms with Gasteiger partial charge in [-0.1, -0.05) is 41.9 Å². The number of rotatable bonds is 3. The summed E-state index contributed by atoms with van der Waals surface area (Å²) in [5.74, 6) is 0. The second-order valence-corrected chi connectivity index (χ2v) is 5.16. The molecule has 0 aliphatic carbocycles. The fourth-order valence-corrected chi connectivity index (χ4v) is 2.31. The zero-order chi connectivity index (χ0) is 15.5. The number of nitro groups is 1. The summed E-state index contributed by atoms with van der Waals surface area (Å²) in [5, 5.41) is 13.4. The lowest BCUT2D eigenvalue weighted by Crippen LogP contribution is -1.90. The number of non-ortho nitro benzene ring substituents is 1. The zero-order valence-electron chi connectivity index (χ0n) is 11.4. The first-order valence-electron chi connectivity index (χ1n) is 6.60. The molecule has 0 bridgehead atoms. The Labute approximate surface area is 131 Å². The minimum absolute atomic E-state index is 0.00985. The maximum Gasteiger partial charge on any atom is 0.270 e. The summed E-state index contributed by atoms with van der Waals surface area (Å²) in [6, 6.07) is 18.1. The maximum atomic E-state index is 10.8. The Balaban J connectivity index is 1.95. The molecule has 108 valence electrons. The number of halogens is 1. The highest BCUT2D eigenvalue weighted by molar-refractivity contribution is 6.33. The Morgan fingerprint density at radius 2 is 1.77 bits per heavy atom. The van der Waals surface area contributed by atoms with Crippen molar-refractivity contribution in [3.63, 3.8) is 0 Å². The van der Waals surface area contributed by atoms with Crippen LogP contribution in [0.25, 0.3) is 10.8 Å². The molecule has 0 heterocycles. The lowest BCUT2D eigenvalue weighted by molar-refractivity contribution is -0.384. The summed E-state index contributed by atoms with van der Waals surface area (Å²) >= 11 is 6.05. The maximum absolute atomic E-state index is 10.8. The topological polar surface area (TPSA) is 55.5 Å². The fourth-order valence-electron chi connectivity index (χ4n) is 2.14. The lowest BCUT2D eigenvalue weighted by atomic mass is 10.1. The molecule has 0 saturated heterocycles. The monoisotopic (exact) mass is 310 g/mol. The summed E-state index contributed by atoms with van der Waals surface area (Å²) in [7, 11) is 0. The van der Waals surface area contributed by atoms with Gasteiger partial charge in [-0.2, -0.15) is 0 Å². The van der Waals surface area contributed by atoms with Crippen molar-refractivity contribution in [3.05, 3.63) is 81.4 Å². The van der Waals surface area contributed by atoms with Gasteiger partial charge in [0, 0.05) is 28.9 Å². The molecular formula is C17H11ClN2O2. The van der Waals surface area contributed by atoms with Gasteiger partial charge in [0.2, 0.25) is 0 Å². The van der Waals surface area contributed by atoms with E-state index in [0.717, 1.165) is 16.5 Å². The molecule has 0 radical (unpaired) electrons. The first-order valence-corrected chi connectivity index (χ1v) is 6.98. The molecule has 0 unspecified atom stereocenters. The highest BCUT2D eigenvalue weighted by Gasteiger charge is 2.08. The van der Waals surface area contributed by atoms with Gasteiger partial charge in [-0.05, 0) is 29.0 Å². The molecule has 0 aliphatic rings. The van der Waals surface area contributed by atoms with Crippen molar-refractivity contribution in [2.24, 2.45) is 4.99 Å². The van der Waals surface area contributed by atoms with Gasteiger partial charge in [0.1, 0.15) is 0 Å². The van der Waals surface area contributed by atoms with Gasteiger partial charge in [-0.25, -0.2) is 0 Å². The first kappa shape index (κ1) is 14.2.